The minimum absolute atomic E-state index is 0.208. The highest BCUT2D eigenvalue weighted by Crippen LogP contribution is 2.51. The minimum Gasteiger partial charge on any atom is -0.197 e. The fourth-order valence-electron chi connectivity index (χ4n) is 4.64. The normalized spacial score (nSPS) is 21.2. The standard InChI is InChI=1S/C19H25N/c1-15-10-12-18(13-11-15)19(14-20,16-6-2-3-7-16)17-8-4-5-9-17/h10-13,16-17H,2-9H2,1H3. The summed E-state index contributed by atoms with van der Waals surface area (Å²) in [6.45, 7) is 2.13. The van der Waals surface area contributed by atoms with Crippen molar-refractivity contribution in [3.63, 3.8) is 0 Å². The molecular formula is C19H25N. The van der Waals surface area contributed by atoms with E-state index in [-0.39, 0.29) is 5.41 Å². The molecule has 0 unspecified atom stereocenters. The van der Waals surface area contributed by atoms with Gasteiger partial charge in [0.1, 0.15) is 0 Å². The topological polar surface area (TPSA) is 23.8 Å². The number of hydrogen-bond donors (Lipinski definition) is 0. The molecule has 0 saturated heterocycles. The van der Waals surface area contributed by atoms with Crippen LogP contribution in [0.5, 0.6) is 0 Å². The zero-order valence-corrected chi connectivity index (χ0v) is 12.6. The SMILES string of the molecule is Cc1ccc(C(C#N)(C2CCCC2)C2CCCC2)cc1. The molecule has 0 amide bonds. The van der Waals surface area contributed by atoms with Gasteiger partial charge in [-0.2, -0.15) is 5.26 Å². The molecule has 2 aliphatic rings. The van der Waals surface area contributed by atoms with Crippen LogP contribution in [0.15, 0.2) is 24.3 Å². The van der Waals surface area contributed by atoms with E-state index in [9.17, 15) is 5.26 Å². The van der Waals surface area contributed by atoms with E-state index in [1.54, 1.807) is 0 Å². The largest absolute Gasteiger partial charge is 0.197 e. The number of nitriles is 1. The number of rotatable bonds is 3. The Morgan fingerprint density at radius 1 is 0.900 bits per heavy atom. The number of benzene rings is 1. The van der Waals surface area contributed by atoms with Crippen LogP contribution in [0.3, 0.4) is 0 Å². The Balaban J connectivity index is 2.05. The fraction of sp³-hybridized carbons (Fsp3) is 0.632. The molecule has 1 nitrogen and oxygen atoms in total. The monoisotopic (exact) mass is 267 g/mol. The molecular weight excluding hydrogens is 242 g/mol. The minimum atomic E-state index is -0.208. The second-order valence-electron chi connectivity index (χ2n) is 6.81. The van der Waals surface area contributed by atoms with Crippen molar-refractivity contribution < 1.29 is 0 Å². The van der Waals surface area contributed by atoms with Crippen LogP contribution >= 0.6 is 0 Å². The second-order valence-corrected chi connectivity index (χ2v) is 6.81. The molecule has 0 spiro atoms. The van der Waals surface area contributed by atoms with Gasteiger partial charge in [-0.3, -0.25) is 0 Å². The zero-order valence-electron chi connectivity index (χ0n) is 12.6. The first-order valence-electron chi connectivity index (χ1n) is 8.26. The Labute approximate surface area is 123 Å². The summed E-state index contributed by atoms with van der Waals surface area (Å²) in [5.41, 5.74) is 2.38. The van der Waals surface area contributed by atoms with Crippen molar-refractivity contribution in [3.05, 3.63) is 35.4 Å². The van der Waals surface area contributed by atoms with Crippen molar-refractivity contribution in [3.8, 4) is 6.07 Å². The summed E-state index contributed by atoms with van der Waals surface area (Å²) in [4.78, 5) is 0. The molecule has 1 heteroatoms. The highest BCUT2D eigenvalue weighted by atomic mass is 14.5. The van der Waals surface area contributed by atoms with Crippen molar-refractivity contribution in [1.29, 1.82) is 5.26 Å². The van der Waals surface area contributed by atoms with Gasteiger partial charge in [-0.25, -0.2) is 0 Å². The second kappa shape index (κ2) is 5.60. The van der Waals surface area contributed by atoms with Crippen LogP contribution in [0.1, 0.15) is 62.5 Å². The van der Waals surface area contributed by atoms with E-state index in [0.29, 0.717) is 11.8 Å². The van der Waals surface area contributed by atoms with Crippen molar-refractivity contribution in [2.75, 3.05) is 0 Å². The molecule has 0 N–H and O–H groups in total. The smallest absolute Gasteiger partial charge is 0.0878 e. The Kier molecular flexibility index (Phi) is 3.83. The van der Waals surface area contributed by atoms with Gasteiger partial charge in [-0.1, -0.05) is 55.5 Å². The Morgan fingerprint density at radius 2 is 1.35 bits per heavy atom. The van der Waals surface area contributed by atoms with Gasteiger partial charge in [0, 0.05) is 0 Å². The van der Waals surface area contributed by atoms with Crippen molar-refractivity contribution in [2.45, 2.75) is 63.7 Å². The van der Waals surface area contributed by atoms with Gasteiger partial charge in [0.2, 0.25) is 0 Å². The van der Waals surface area contributed by atoms with E-state index in [4.69, 9.17) is 0 Å². The van der Waals surface area contributed by atoms with Gasteiger partial charge in [0.05, 0.1) is 11.5 Å². The van der Waals surface area contributed by atoms with Gasteiger partial charge in [-0.15, -0.1) is 0 Å². The molecule has 0 atom stereocenters. The van der Waals surface area contributed by atoms with E-state index < -0.39 is 0 Å². The first-order chi connectivity index (χ1) is 9.77. The van der Waals surface area contributed by atoms with Gasteiger partial charge in [0.25, 0.3) is 0 Å². The van der Waals surface area contributed by atoms with Gasteiger partial charge < -0.3 is 0 Å². The average Bonchev–Trinajstić information content (AvgIpc) is 3.15. The molecule has 0 heterocycles. The number of hydrogen-bond acceptors (Lipinski definition) is 1. The summed E-state index contributed by atoms with van der Waals surface area (Å²) in [5, 5.41) is 10.2. The molecule has 0 aliphatic heterocycles. The third kappa shape index (κ3) is 2.16. The van der Waals surface area contributed by atoms with E-state index >= 15 is 0 Å². The van der Waals surface area contributed by atoms with Crippen molar-refractivity contribution in [2.24, 2.45) is 11.8 Å². The van der Waals surface area contributed by atoms with Crippen LogP contribution in [0, 0.1) is 30.1 Å². The Bertz CT molecular complexity index is 465. The van der Waals surface area contributed by atoms with Gasteiger partial charge >= 0.3 is 0 Å². The van der Waals surface area contributed by atoms with Crippen LogP contribution in [0.25, 0.3) is 0 Å². The third-order valence-corrected chi connectivity index (χ3v) is 5.71. The lowest BCUT2D eigenvalue weighted by atomic mass is 9.62. The lowest BCUT2D eigenvalue weighted by molar-refractivity contribution is 0.235. The summed E-state index contributed by atoms with van der Waals surface area (Å²) in [7, 11) is 0. The van der Waals surface area contributed by atoms with Crippen LogP contribution in [0.2, 0.25) is 0 Å². The Morgan fingerprint density at radius 3 is 1.75 bits per heavy atom. The van der Waals surface area contributed by atoms with E-state index in [1.807, 2.05) is 0 Å². The van der Waals surface area contributed by atoms with E-state index in [2.05, 4.69) is 37.3 Å². The molecule has 2 aliphatic carbocycles. The predicted molar refractivity (Wildman–Crippen MR) is 82.4 cm³/mol. The molecule has 2 fully saturated rings. The predicted octanol–water partition coefficient (Wildman–Crippen LogP) is 5.14. The maximum Gasteiger partial charge on any atom is 0.0878 e. The van der Waals surface area contributed by atoms with Gasteiger partial charge in [0.15, 0.2) is 0 Å². The molecule has 20 heavy (non-hydrogen) atoms. The summed E-state index contributed by atoms with van der Waals surface area (Å²) in [6, 6.07) is 11.7. The summed E-state index contributed by atoms with van der Waals surface area (Å²) in [5.74, 6) is 1.16. The zero-order chi connectivity index (χ0) is 14.0. The molecule has 1 aromatic carbocycles. The maximum absolute atomic E-state index is 10.2. The highest BCUT2D eigenvalue weighted by molar-refractivity contribution is 5.37. The number of nitrogens with zero attached hydrogens (tertiary/aromatic N) is 1. The summed E-state index contributed by atoms with van der Waals surface area (Å²) < 4.78 is 0. The molecule has 3 rings (SSSR count). The maximum atomic E-state index is 10.2. The molecule has 1 aromatic rings. The van der Waals surface area contributed by atoms with Crippen molar-refractivity contribution in [1.82, 2.24) is 0 Å². The summed E-state index contributed by atoms with van der Waals surface area (Å²) in [6.07, 6.45) is 10.2. The summed E-state index contributed by atoms with van der Waals surface area (Å²) >= 11 is 0. The Hall–Kier alpha value is -1.29. The van der Waals surface area contributed by atoms with Crippen LogP contribution in [0.4, 0.5) is 0 Å². The first-order valence-corrected chi connectivity index (χ1v) is 8.26. The van der Waals surface area contributed by atoms with E-state index in [1.165, 1.54) is 62.5 Å². The number of aryl methyl sites for hydroxylation is 1. The lowest BCUT2D eigenvalue weighted by Crippen LogP contribution is -2.39. The highest BCUT2D eigenvalue weighted by Gasteiger charge is 2.48. The van der Waals surface area contributed by atoms with Gasteiger partial charge in [-0.05, 0) is 50.0 Å². The molecule has 0 bridgehead atoms. The van der Waals surface area contributed by atoms with Crippen molar-refractivity contribution >= 4 is 0 Å². The molecule has 0 aromatic heterocycles. The first kappa shape index (κ1) is 13.7. The molecule has 2 saturated carbocycles. The lowest BCUT2D eigenvalue weighted by Gasteiger charge is -2.39. The van der Waals surface area contributed by atoms with Crippen LogP contribution in [-0.4, -0.2) is 0 Å². The van der Waals surface area contributed by atoms with Crippen LogP contribution < -0.4 is 0 Å². The molecule has 0 radical (unpaired) electrons. The molecule has 106 valence electrons. The van der Waals surface area contributed by atoms with E-state index in [0.717, 1.165) is 0 Å². The third-order valence-electron chi connectivity index (χ3n) is 5.71. The quantitative estimate of drug-likeness (QED) is 0.744. The average molecular weight is 267 g/mol. The van der Waals surface area contributed by atoms with Crippen LogP contribution in [-0.2, 0) is 5.41 Å². The fourth-order valence-corrected chi connectivity index (χ4v) is 4.64.